The second-order valence-corrected chi connectivity index (χ2v) is 10.2. The number of rotatable bonds is 6. The zero-order valence-corrected chi connectivity index (χ0v) is 22.4. The summed E-state index contributed by atoms with van der Waals surface area (Å²) < 4.78 is 5.73. The second-order valence-electron chi connectivity index (χ2n) is 9.81. The molecule has 0 aliphatic carbocycles. The predicted molar refractivity (Wildman–Crippen MR) is 150 cm³/mol. The van der Waals surface area contributed by atoms with E-state index >= 15 is 0 Å². The molecule has 0 aromatic heterocycles. The standard InChI is InChI=1S/C30H30ClN3O4/c1-32(2)23-11-6-20(7-12-23)27-26(28(35)21-8-13-25-24(18-21)33(3)16-17-38-25)29(36)30(37)34(27)15-14-19-4-9-22(31)10-5-19/h4-13,18,27,35H,14-17H2,1-3H3/b28-26-. The van der Waals surface area contributed by atoms with Crippen molar-refractivity contribution in [1.29, 1.82) is 0 Å². The van der Waals surface area contributed by atoms with Crippen molar-refractivity contribution >= 4 is 40.4 Å². The Morgan fingerprint density at radius 3 is 2.45 bits per heavy atom. The Labute approximate surface area is 227 Å². The van der Waals surface area contributed by atoms with Crippen LogP contribution in [0.4, 0.5) is 11.4 Å². The molecule has 5 rings (SSSR count). The van der Waals surface area contributed by atoms with Gasteiger partial charge in [0, 0.05) is 44.0 Å². The number of nitrogens with zero attached hydrogens (tertiary/aromatic N) is 3. The number of carbonyl (C=O) groups is 2. The summed E-state index contributed by atoms with van der Waals surface area (Å²) in [6.45, 7) is 1.60. The monoisotopic (exact) mass is 531 g/mol. The quantitative estimate of drug-likeness (QED) is 0.277. The lowest BCUT2D eigenvalue weighted by molar-refractivity contribution is -0.139. The number of aliphatic hydroxyl groups excluding tert-OH is 1. The van der Waals surface area contributed by atoms with Gasteiger partial charge in [-0.2, -0.15) is 0 Å². The molecule has 8 heteroatoms. The number of amides is 1. The van der Waals surface area contributed by atoms with Crippen molar-refractivity contribution in [2.75, 3.05) is 50.6 Å². The maximum absolute atomic E-state index is 13.4. The van der Waals surface area contributed by atoms with E-state index in [0.29, 0.717) is 36.7 Å². The molecule has 1 atom stereocenters. The van der Waals surface area contributed by atoms with E-state index in [0.717, 1.165) is 28.3 Å². The predicted octanol–water partition coefficient (Wildman–Crippen LogP) is 4.90. The van der Waals surface area contributed by atoms with E-state index in [1.165, 1.54) is 0 Å². The average Bonchev–Trinajstić information content (AvgIpc) is 3.17. The molecule has 1 N–H and O–H groups in total. The smallest absolute Gasteiger partial charge is 0.295 e. The largest absolute Gasteiger partial charge is 0.507 e. The molecule has 1 fully saturated rings. The fraction of sp³-hybridized carbons (Fsp3) is 0.267. The Morgan fingerprint density at radius 2 is 1.76 bits per heavy atom. The van der Waals surface area contributed by atoms with Gasteiger partial charge in [0.15, 0.2) is 0 Å². The summed E-state index contributed by atoms with van der Waals surface area (Å²) in [6, 6.07) is 19.7. The van der Waals surface area contributed by atoms with Crippen LogP contribution in [-0.2, 0) is 16.0 Å². The first kappa shape index (κ1) is 25.7. The molecule has 2 heterocycles. The van der Waals surface area contributed by atoms with Gasteiger partial charge in [-0.05, 0) is 60.0 Å². The molecule has 7 nitrogen and oxygen atoms in total. The van der Waals surface area contributed by atoms with Crippen LogP contribution in [0.3, 0.4) is 0 Å². The molecular formula is C30H30ClN3O4. The van der Waals surface area contributed by atoms with Gasteiger partial charge in [0.25, 0.3) is 11.7 Å². The molecule has 0 bridgehead atoms. The zero-order valence-electron chi connectivity index (χ0n) is 21.6. The van der Waals surface area contributed by atoms with Gasteiger partial charge in [-0.25, -0.2) is 0 Å². The van der Waals surface area contributed by atoms with Crippen LogP contribution in [-0.4, -0.2) is 62.5 Å². The third-order valence-electron chi connectivity index (χ3n) is 7.15. The van der Waals surface area contributed by atoms with E-state index < -0.39 is 17.7 Å². The summed E-state index contributed by atoms with van der Waals surface area (Å²) in [5.41, 5.74) is 4.12. The van der Waals surface area contributed by atoms with E-state index in [4.69, 9.17) is 16.3 Å². The van der Waals surface area contributed by atoms with Crippen LogP contribution >= 0.6 is 11.6 Å². The highest BCUT2D eigenvalue weighted by molar-refractivity contribution is 6.46. The number of carbonyl (C=O) groups excluding carboxylic acids is 2. The Bertz CT molecular complexity index is 1400. The molecule has 3 aromatic rings. The molecule has 2 aliphatic heterocycles. The first-order valence-corrected chi connectivity index (χ1v) is 12.9. The van der Waals surface area contributed by atoms with Gasteiger partial charge in [0.05, 0.1) is 23.8 Å². The molecule has 196 valence electrons. The molecule has 38 heavy (non-hydrogen) atoms. The molecule has 1 saturated heterocycles. The highest BCUT2D eigenvalue weighted by Gasteiger charge is 2.46. The molecule has 1 amide bonds. The Kier molecular flexibility index (Phi) is 7.04. The van der Waals surface area contributed by atoms with Gasteiger partial charge in [-0.3, -0.25) is 9.59 Å². The third kappa shape index (κ3) is 4.82. The highest BCUT2D eigenvalue weighted by Crippen LogP contribution is 2.41. The van der Waals surface area contributed by atoms with E-state index in [1.54, 1.807) is 35.2 Å². The van der Waals surface area contributed by atoms with Crippen molar-refractivity contribution in [2.45, 2.75) is 12.5 Å². The van der Waals surface area contributed by atoms with Gasteiger partial charge in [0.1, 0.15) is 18.1 Å². The molecule has 1 unspecified atom stereocenters. The van der Waals surface area contributed by atoms with Crippen molar-refractivity contribution in [3.05, 3.63) is 94.0 Å². The number of likely N-dealkylation sites (tertiary alicyclic amines) is 1. The lowest BCUT2D eigenvalue weighted by Gasteiger charge is -2.28. The molecule has 0 radical (unpaired) electrons. The minimum absolute atomic E-state index is 0.0861. The van der Waals surface area contributed by atoms with Gasteiger partial charge < -0.3 is 24.5 Å². The second kappa shape index (κ2) is 10.4. The summed E-state index contributed by atoms with van der Waals surface area (Å²) in [5, 5.41) is 12.1. The minimum atomic E-state index is -0.719. The number of hydrogen-bond acceptors (Lipinski definition) is 6. The van der Waals surface area contributed by atoms with Crippen LogP contribution in [0.15, 0.2) is 72.3 Å². The number of likely N-dealkylation sites (N-methyl/N-ethyl adjacent to an activating group) is 1. The van der Waals surface area contributed by atoms with Crippen molar-refractivity contribution < 1.29 is 19.4 Å². The van der Waals surface area contributed by atoms with Crippen molar-refractivity contribution in [3.8, 4) is 5.75 Å². The number of fused-ring (bicyclic) bond motifs is 1. The highest BCUT2D eigenvalue weighted by atomic mass is 35.5. The van der Waals surface area contributed by atoms with Crippen LogP contribution < -0.4 is 14.5 Å². The Morgan fingerprint density at radius 1 is 1.05 bits per heavy atom. The SMILES string of the molecule is CN(C)c1ccc(C2/C(=C(/O)c3ccc4c(c3)N(C)CCO4)C(=O)C(=O)N2CCc2ccc(Cl)cc2)cc1. The van der Waals surface area contributed by atoms with Gasteiger partial charge in [-0.1, -0.05) is 35.9 Å². The summed E-state index contributed by atoms with van der Waals surface area (Å²) in [4.78, 5) is 32.3. The number of ether oxygens (including phenoxy) is 1. The maximum Gasteiger partial charge on any atom is 0.295 e. The first-order valence-electron chi connectivity index (χ1n) is 12.5. The normalized spacial score (nSPS) is 18.4. The van der Waals surface area contributed by atoms with Gasteiger partial charge >= 0.3 is 0 Å². The minimum Gasteiger partial charge on any atom is -0.507 e. The summed E-state index contributed by atoms with van der Waals surface area (Å²) >= 11 is 6.03. The lowest BCUT2D eigenvalue weighted by Crippen LogP contribution is -2.31. The Hall–Kier alpha value is -3.97. The maximum atomic E-state index is 13.4. The number of ketones is 1. The van der Waals surface area contributed by atoms with Crippen LogP contribution in [0.5, 0.6) is 5.75 Å². The fourth-order valence-electron chi connectivity index (χ4n) is 4.97. The molecule has 3 aromatic carbocycles. The topological polar surface area (TPSA) is 73.3 Å². The third-order valence-corrected chi connectivity index (χ3v) is 7.40. The van der Waals surface area contributed by atoms with Crippen LogP contribution in [0.2, 0.25) is 5.02 Å². The Balaban J connectivity index is 1.57. The summed E-state index contributed by atoms with van der Waals surface area (Å²) in [5.74, 6) is -0.793. The summed E-state index contributed by atoms with van der Waals surface area (Å²) in [6.07, 6.45) is 0.539. The number of halogens is 1. The number of anilines is 2. The van der Waals surface area contributed by atoms with E-state index in [-0.39, 0.29) is 11.3 Å². The number of benzene rings is 3. The van der Waals surface area contributed by atoms with E-state index in [2.05, 4.69) is 0 Å². The molecular weight excluding hydrogens is 502 g/mol. The van der Waals surface area contributed by atoms with Crippen LogP contribution in [0, 0.1) is 0 Å². The fourth-order valence-corrected chi connectivity index (χ4v) is 5.09. The first-order chi connectivity index (χ1) is 18.2. The molecule has 0 spiro atoms. The number of Topliss-reactive ketones (excluding diaryl/α,β-unsaturated/α-hetero) is 1. The van der Waals surface area contributed by atoms with Crippen molar-refractivity contribution in [2.24, 2.45) is 0 Å². The van der Waals surface area contributed by atoms with Crippen molar-refractivity contribution in [3.63, 3.8) is 0 Å². The molecule has 0 saturated carbocycles. The lowest BCUT2D eigenvalue weighted by atomic mass is 9.94. The van der Waals surface area contributed by atoms with E-state index in [1.807, 2.05) is 67.3 Å². The van der Waals surface area contributed by atoms with Crippen molar-refractivity contribution in [1.82, 2.24) is 4.90 Å². The number of hydrogen-bond donors (Lipinski definition) is 1. The average molecular weight is 532 g/mol. The number of aliphatic hydroxyl groups is 1. The van der Waals surface area contributed by atoms with Gasteiger partial charge in [0.2, 0.25) is 0 Å². The van der Waals surface area contributed by atoms with E-state index in [9.17, 15) is 14.7 Å². The van der Waals surface area contributed by atoms with Crippen LogP contribution in [0.25, 0.3) is 5.76 Å². The van der Waals surface area contributed by atoms with Crippen LogP contribution in [0.1, 0.15) is 22.7 Å². The van der Waals surface area contributed by atoms with Gasteiger partial charge in [-0.15, -0.1) is 0 Å². The summed E-state index contributed by atoms with van der Waals surface area (Å²) in [7, 11) is 5.85. The zero-order chi connectivity index (χ0) is 27.0. The molecule has 2 aliphatic rings.